The molecule has 2 aromatic heterocycles. The Kier molecular flexibility index (Phi) is 3.86. The monoisotopic (exact) mass is 418 g/mol. The number of nitrogens with one attached hydrogen (secondary N) is 2. The van der Waals surface area contributed by atoms with Gasteiger partial charge in [-0.15, -0.1) is 0 Å². The van der Waals surface area contributed by atoms with E-state index in [0.717, 1.165) is 17.8 Å². The second-order valence-electron chi connectivity index (χ2n) is 6.78. The molecule has 7 N–H and O–H groups in total. The number of imidazole rings is 1. The number of fused-ring (bicyclic) bond motifs is 1. The maximum Gasteiger partial charge on any atom is 0.469 e. The summed E-state index contributed by atoms with van der Waals surface area (Å²) in [6.07, 6.45) is -4.14. The summed E-state index contributed by atoms with van der Waals surface area (Å²) in [5.74, 6) is -0.266. The predicted molar refractivity (Wildman–Crippen MR) is 90.2 cm³/mol. The lowest BCUT2D eigenvalue weighted by atomic mass is 9.90. The van der Waals surface area contributed by atoms with Gasteiger partial charge in [0.2, 0.25) is 11.6 Å². The molecule has 1 unspecified atom stereocenters. The van der Waals surface area contributed by atoms with E-state index in [1.165, 1.54) is 0 Å². The number of H-pyrrole nitrogens is 1. The van der Waals surface area contributed by atoms with Crippen LogP contribution >= 0.6 is 7.82 Å². The van der Waals surface area contributed by atoms with Gasteiger partial charge in [-0.1, -0.05) is 0 Å². The van der Waals surface area contributed by atoms with E-state index in [-0.39, 0.29) is 23.5 Å². The van der Waals surface area contributed by atoms with Crippen molar-refractivity contribution in [1.82, 2.24) is 19.5 Å². The first kappa shape index (κ1) is 19.1. The molecule has 152 valence electrons. The Labute approximate surface area is 155 Å². The average Bonchev–Trinajstić information content (AvgIpc) is 2.96. The van der Waals surface area contributed by atoms with Crippen molar-refractivity contribution in [3.05, 3.63) is 16.7 Å². The van der Waals surface area contributed by atoms with E-state index < -0.39 is 48.8 Å². The van der Waals surface area contributed by atoms with Crippen LogP contribution in [0.4, 0.5) is 10.3 Å². The highest BCUT2D eigenvalue weighted by atomic mass is 31.2. The molecule has 1 aliphatic heterocycles. The Morgan fingerprint density at radius 1 is 1.61 bits per heavy atom. The van der Waals surface area contributed by atoms with E-state index in [1.807, 2.05) is 0 Å². The molecule has 13 nitrogen and oxygen atoms in total. The molecule has 0 aromatic carbocycles. The van der Waals surface area contributed by atoms with E-state index in [0.29, 0.717) is 0 Å². The smallest absolute Gasteiger partial charge is 0.386 e. The van der Waals surface area contributed by atoms with Gasteiger partial charge in [0.25, 0.3) is 5.56 Å². The minimum atomic E-state index is -4.92. The molecule has 4 rings (SSSR count). The van der Waals surface area contributed by atoms with Gasteiger partial charge in [0, 0.05) is 6.42 Å². The Bertz CT molecular complexity index is 1100. The Morgan fingerprint density at radius 2 is 2.29 bits per heavy atom. The van der Waals surface area contributed by atoms with Gasteiger partial charge < -0.3 is 30.8 Å². The number of aliphatic hydroxyl groups is 1. The molecule has 1 saturated carbocycles. The van der Waals surface area contributed by atoms with Crippen molar-refractivity contribution in [3.63, 3.8) is 0 Å². The zero-order valence-electron chi connectivity index (χ0n) is 14.2. The Balaban J connectivity index is 1.82. The molecule has 15 heteroatoms. The highest BCUT2D eigenvalue weighted by molar-refractivity contribution is 7.46. The van der Waals surface area contributed by atoms with E-state index in [1.54, 1.807) is 0 Å². The van der Waals surface area contributed by atoms with Crippen LogP contribution < -0.4 is 11.3 Å². The third-order valence-corrected chi connectivity index (χ3v) is 5.51. The molecule has 2 aliphatic rings. The van der Waals surface area contributed by atoms with Crippen LogP contribution in [0.5, 0.6) is 0 Å². The van der Waals surface area contributed by atoms with Gasteiger partial charge in [-0.2, -0.15) is 4.98 Å². The van der Waals surface area contributed by atoms with Crippen molar-refractivity contribution in [2.45, 2.75) is 43.1 Å². The Morgan fingerprint density at radius 3 is 2.89 bits per heavy atom. The summed E-state index contributed by atoms with van der Waals surface area (Å²) in [5.41, 5.74) is -0.673. The summed E-state index contributed by atoms with van der Waals surface area (Å²) in [4.78, 5) is 39.9. The number of aliphatic hydroxyl groups excluding tert-OH is 1. The first-order valence-electron chi connectivity index (χ1n) is 7.97. The number of hydrogen-bond acceptors (Lipinski definition) is 9. The van der Waals surface area contributed by atoms with Crippen molar-refractivity contribution >= 4 is 30.6 Å². The first-order chi connectivity index (χ1) is 12.9. The minimum Gasteiger partial charge on any atom is -0.386 e. The number of nitrogens with two attached hydrogens (primary N) is 1. The number of alkyl halides is 1. The topological polar surface area (TPSA) is 210 Å². The molecule has 1 spiro atoms. The summed E-state index contributed by atoms with van der Waals surface area (Å²) in [5, 5.41) is 18.4. The van der Waals surface area contributed by atoms with Gasteiger partial charge in [0.15, 0.2) is 17.4 Å². The molecule has 0 bridgehead atoms. The van der Waals surface area contributed by atoms with Gasteiger partial charge in [-0.3, -0.25) is 18.9 Å². The zero-order valence-corrected chi connectivity index (χ0v) is 15.1. The lowest BCUT2D eigenvalue weighted by molar-refractivity contribution is -0.0617. The number of anilines is 1. The largest absolute Gasteiger partial charge is 0.469 e. The third-order valence-electron chi connectivity index (χ3n) is 4.98. The molecule has 2 fully saturated rings. The van der Waals surface area contributed by atoms with Crippen molar-refractivity contribution in [1.29, 1.82) is 5.41 Å². The number of rotatable bonds is 4. The van der Waals surface area contributed by atoms with Crippen LogP contribution in [0.2, 0.25) is 0 Å². The van der Waals surface area contributed by atoms with Crippen LogP contribution in [0.15, 0.2) is 11.1 Å². The first-order valence-corrected chi connectivity index (χ1v) is 9.50. The maximum absolute atomic E-state index is 15.9. The molecular formula is C13H16FN6O7P. The lowest BCUT2D eigenvalue weighted by Gasteiger charge is -2.28. The van der Waals surface area contributed by atoms with Crippen molar-refractivity contribution in [2.24, 2.45) is 0 Å². The van der Waals surface area contributed by atoms with Gasteiger partial charge in [-0.25, -0.2) is 13.9 Å². The minimum absolute atomic E-state index is 0.146. The number of nitrogens with zero attached hydrogens (tertiary/aromatic N) is 3. The fourth-order valence-electron chi connectivity index (χ4n) is 3.55. The van der Waals surface area contributed by atoms with Crippen LogP contribution in [-0.4, -0.2) is 63.6 Å². The summed E-state index contributed by atoms with van der Waals surface area (Å²) in [7, 11) is -4.92. The molecule has 28 heavy (non-hydrogen) atoms. The van der Waals surface area contributed by atoms with Crippen LogP contribution in [0.1, 0.15) is 19.6 Å². The SMILES string of the molecule is CC(=N)[C@@]1(F)[C@H](O)C2(C[C@@H]2OP(=O)(O)O)O[C@H]1n1cnc2c(=O)[nH]c(N)nc21. The van der Waals surface area contributed by atoms with Gasteiger partial charge >= 0.3 is 7.82 Å². The lowest BCUT2D eigenvalue weighted by Crippen LogP contribution is -2.49. The number of nitrogen functional groups attached to an aromatic ring is 1. The normalized spacial score (nSPS) is 35.0. The number of aromatic nitrogens is 4. The predicted octanol–water partition coefficient (Wildman–Crippen LogP) is -1.04. The number of aromatic amines is 1. The summed E-state index contributed by atoms with van der Waals surface area (Å²) < 4.78 is 38.2. The second kappa shape index (κ2) is 5.65. The molecule has 0 amide bonds. The fourth-order valence-corrected chi connectivity index (χ4v) is 4.13. The number of halogens is 1. The average molecular weight is 418 g/mol. The second-order valence-corrected chi connectivity index (χ2v) is 7.98. The summed E-state index contributed by atoms with van der Waals surface area (Å²) in [6.45, 7) is 1.10. The Hall–Kier alpha value is -2.22. The molecular weight excluding hydrogens is 402 g/mol. The van der Waals surface area contributed by atoms with E-state index in [9.17, 15) is 14.5 Å². The molecule has 3 heterocycles. The highest BCUT2D eigenvalue weighted by Crippen LogP contribution is 2.62. The van der Waals surface area contributed by atoms with Gasteiger partial charge in [0.05, 0.1) is 12.0 Å². The number of phosphoric acid groups is 1. The maximum atomic E-state index is 15.9. The molecule has 2 aromatic rings. The summed E-state index contributed by atoms with van der Waals surface area (Å²) >= 11 is 0. The number of hydrogen-bond donors (Lipinski definition) is 6. The van der Waals surface area contributed by atoms with Crippen LogP contribution in [0.25, 0.3) is 11.2 Å². The standard InChI is InChI=1S/C13H16FN6O7P/c1-4(15)13(14)9(22)12(2-5(12)27-28(23,24)25)26-10(13)20-3-17-6-7(20)18-11(16)19-8(6)21/h3,5,9-10,15,22H,2H2,1H3,(H2,23,24,25)(H3,16,18,19,21)/t5-,9+,10+,12?,13+/m0/s1. The van der Waals surface area contributed by atoms with E-state index in [4.69, 9.17) is 25.7 Å². The fraction of sp³-hybridized carbons (Fsp3) is 0.538. The molecule has 1 aliphatic carbocycles. The molecule has 1 saturated heterocycles. The van der Waals surface area contributed by atoms with Crippen LogP contribution in [-0.2, 0) is 13.8 Å². The third kappa shape index (κ3) is 2.53. The number of ether oxygens (including phenoxy) is 1. The highest BCUT2D eigenvalue weighted by Gasteiger charge is 2.77. The van der Waals surface area contributed by atoms with Crippen LogP contribution in [0.3, 0.4) is 0 Å². The van der Waals surface area contributed by atoms with Crippen molar-refractivity contribution in [3.8, 4) is 0 Å². The van der Waals surface area contributed by atoms with Crippen molar-refractivity contribution in [2.75, 3.05) is 5.73 Å². The molecule has 5 atom stereocenters. The van der Waals surface area contributed by atoms with Crippen molar-refractivity contribution < 1.29 is 33.1 Å². The molecule has 0 radical (unpaired) electrons. The van der Waals surface area contributed by atoms with Gasteiger partial charge in [0.1, 0.15) is 17.8 Å². The van der Waals surface area contributed by atoms with Crippen LogP contribution in [0, 0.1) is 5.41 Å². The van der Waals surface area contributed by atoms with Gasteiger partial charge in [-0.05, 0) is 6.92 Å². The van der Waals surface area contributed by atoms with E-state index >= 15 is 4.39 Å². The number of phosphoric ester groups is 1. The summed E-state index contributed by atoms with van der Waals surface area (Å²) in [6, 6.07) is 0. The van der Waals surface area contributed by atoms with E-state index in [2.05, 4.69) is 19.5 Å². The zero-order chi connectivity index (χ0) is 20.6. The quantitative estimate of drug-likeness (QED) is 0.262.